The Morgan fingerprint density at radius 2 is 1.76 bits per heavy atom. The van der Waals surface area contributed by atoms with Crippen LogP contribution in [-0.4, -0.2) is 78.1 Å². The SMILES string of the molecule is O=C([C@@H]1CCCN(c2cccc3c2C(=O)N(C[C@@H]2CCCO2)C3=O)C1)N1CCC(O)(c2cccc(C(F)(F)F)c2)CC1. The number of likely N-dealkylation sites (tertiary alicyclic amines) is 1. The van der Waals surface area contributed by atoms with Gasteiger partial charge in [-0.25, -0.2) is 0 Å². The highest BCUT2D eigenvalue weighted by molar-refractivity contribution is 6.23. The van der Waals surface area contributed by atoms with Gasteiger partial charge in [-0.1, -0.05) is 18.2 Å². The van der Waals surface area contributed by atoms with Gasteiger partial charge in [-0.05, 0) is 68.4 Å². The van der Waals surface area contributed by atoms with Crippen molar-refractivity contribution in [2.24, 2.45) is 5.92 Å². The summed E-state index contributed by atoms with van der Waals surface area (Å²) < 4.78 is 45.3. The fraction of sp³-hybridized carbons (Fsp3) is 0.516. The molecule has 6 rings (SSSR count). The summed E-state index contributed by atoms with van der Waals surface area (Å²) in [7, 11) is 0. The fourth-order valence-corrected chi connectivity index (χ4v) is 6.76. The highest BCUT2D eigenvalue weighted by Crippen LogP contribution is 2.38. The number of aliphatic hydroxyl groups is 1. The van der Waals surface area contributed by atoms with Gasteiger partial charge in [0.15, 0.2) is 0 Å². The van der Waals surface area contributed by atoms with Gasteiger partial charge < -0.3 is 19.6 Å². The van der Waals surface area contributed by atoms with Crippen molar-refractivity contribution < 1.29 is 37.4 Å². The zero-order valence-corrected chi connectivity index (χ0v) is 23.2. The van der Waals surface area contributed by atoms with E-state index in [9.17, 15) is 32.7 Å². The molecule has 2 atom stereocenters. The zero-order chi connectivity index (χ0) is 29.6. The smallest absolute Gasteiger partial charge is 0.385 e. The molecule has 2 aromatic rings. The molecule has 0 spiro atoms. The summed E-state index contributed by atoms with van der Waals surface area (Å²) in [6.45, 7) is 2.35. The highest BCUT2D eigenvalue weighted by Gasteiger charge is 2.42. The Morgan fingerprint density at radius 3 is 2.48 bits per heavy atom. The van der Waals surface area contributed by atoms with Gasteiger partial charge in [-0.3, -0.25) is 19.3 Å². The summed E-state index contributed by atoms with van der Waals surface area (Å²) in [6.07, 6.45) is -1.27. The monoisotopic (exact) mass is 585 g/mol. The maximum atomic E-state index is 13.6. The molecule has 2 aromatic carbocycles. The molecule has 224 valence electrons. The van der Waals surface area contributed by atoms with E-state index in [-0.39, 0.29) is 67.8 Å². The quantitative estimate of drug-likeness (QED) is 0.529. The normalized spacial score (nSPS) is 24.3. The third-order valence-corrected chi connectivity index (χ3v) is 9.13. The molecule has 3 fully saturated rings. The van der Waals surface area contributed by atoms with Gasteiger partial charge in [-0.2, -0.15) is 13.2 Å². The number of nitrogens with zero attached hydrogens (tertiary/aromatic N) is 3. The lowest BCUT2D eigenvalue weighted by molar-refractivity contribution is -0.140. The lowest BCUT2D eigenvalue weighted by Gasteiger charge is -2.41. The maximum absolute atomic E-state index is 13.6. The summed E-state index contributed by atoms with van der Waals surface area (Å²) in [5, 5.41) is 11.2. The number of carbonyl (C=O) groups excluding carboxylic acids is 3. The molecule has 4 aliphatic rings. The van der Waals surface area contributed by atoms with Crippen molar-refractivity contribution in [3.8, 4) is 0 Å². The van der Waals surface area contributed by atoms with Crippen molar-refractivity contribution in [2.75, 3.05) is 44.2 Å². The number of hydrogen-bond donors (Lipinski definition) is 1. The number of alkyl halides is 3. The Hall–Kier alpha value is -3.44. The van der Waals surface area contributed by atoms with Crippen LogP contribution >= 0.6 is 0 Å². The minimum Gasteiger partial charge on any atom is -0.385 e. The third-order valence-electron chi connectivity index (χ3n) is 9.13. The molecule has 42 heavy (non-hydrogen) atoms. The number of benzene rings is 2. The van der Waals surface area contributed by atoms with Gasteiger partial charge in [0.2, 0.25) is 5.91 Å². The van der Waals surface area contributed by atoms with Gasteiger partial charge in [0.25, 0.3) is 11.8 Å². The molecule has 0 bridgehead atoms. The lowest BCUT2D eigenvalue weighted by Crippen LogP contribution is -2.50. The molecule has 0 unspecified atom stereocenters. The molecule has 1 N–H and O–H groups in total. The number of halogens is 3. The van der Waals surface area contributed by atoms with E-state index in [1.807, 2.05) is 11.0 Å². The first-order valence-corrected chi connectivity index (χ1v) is 14.6. The van der Waals surface area contributed by atoms with Crippen LogP contribution in [0, 0.1) is 5.92 Å². The van der Waals surface area contributed by atoms with Crippen molar-refractivity contribution in [2.45, 2.75) is 56.4 Å². The molecule has 0 saturated carbocycles. The minimum atomic E-state index is -4.50. The Balaban J connectivity index is 1.13. The van der Waals surface area contributed by atoms with Crippen molar-refractivity contribution in [1.82, 2.24) is 9.80 Å². The van der Waals surface area contributed by atoms with Crippen LogP contribution in [0.3, 0.4) is 0 Å². The number of anilines is 1. The van der Waals surface area contributed by atoms with Crippen molar-refractivity contribution >= 4 is 23.4 Å². The molecule has 3 saturated heterocycles. The molecular weight excluding hydrogens is 551 g/mol. The van der Waals surface area contributed by atoms with E-state index in [4.69, 9.17) is 4.74 Å². The molecule has 0 aromatic heterocycles. The highest BCUT2D eigenvalue weighted by atomic mass is 19.4. The first-order valence-electron chi connectivity index (χ1n) is 14.6. The lowest BCUT2D eigenvalue weighted by atomic mass is 9.83. The Labute approximate surface area is 242 Å². The Kier molecular flexibility index (Phi) is 7.51. The molecule has 8 nitrogen and oxygen atoms in total. The van der Waals surface area contributed by atoms with Crippen LogP contribution in [0.25, 0.3) is 0 Å². The van der Waals surface area contributed by atoms with Crippen LogP contribution in [0.5, 0.6) is 0 Å². The van der Waals surface area contributed by atoms with Crippen LogP contribution < -0.4 is 4.90 Å². The van der Waals surface area contributed by atoms with Gasteiger partial charge in [-0.15, -0.1) is 0 Å². The second-order valence-corrected chi connectivity index (χ2v) is 11.8. The second kappa shape index (κ2) is 11.0. The van der Waals surface area contributed by atoms with Gasteiger partial charge >= 0.3 is 6.18 Å². The summed E-state index contributed by atoms with van der Waals surface area (Å²) in [6, 6.07) is 10.0. The number of rotatable bonds is 5. The number of hydrogen-bond acceptors (Lipinski definition) is 6. The van der Waals surface area contributed by atoms with Crippen LogP contribution in [0.4, 0.5) is 18.9 Å². The predicted molar refractivity (Wildman–Crippen MR) is 147 cm³/mol. The van der Waals surface area contributed by atoms with Crippen LogP contribution in [0.1, 0.15) is 70.4 Å². The fourth-order valence-electron chi connectivity index (χ4n) is 6.76. The summed E-state index contributed by atoms with van der Waals surface area (Å²) in [5.74, 6) is -1.07. The minimum absolute atomic E-state index is 0.0687. The van der Waals surface area contributed by atoms with E-state index in [0.717, 1.165) is 31.4 Å². The number of fused-ring (bicyclic) bond motifs is 1. The van der Waals surface area contributed by atoms with Gasteiger partial charge in [0.05, 0.1) is 46.5 Å². The van der Waals surface area contributed by atoms with E-state index in [0.29, 0.717) is 42.9 Å². The van der Waals surface area contributed by atoms with E-state index in [2.05, 4.69) is 0 Å². The number of imide groups is 1. The maximum Gasteiger partial charge on any atom is 0.416 e. The topological polar surface area (TPSA) is 90.4 Å². The second-order valence-electron chi connectivity index (χ2n) is 11.8. The Bertz CT molecular complexity index is 1380. The van der Waals surface area contributed by atoms with E-state index >= 15 is 0 Å². The summed E-state index contributed by atoms with van der Waals surface area (Å²) in [5.41, 5.74) is -0.651. The molecule has 0 aliphatic carbocycles. The van der Waals surface area contributed by atoms with E-state index < -0.39 is 17.3 Å². The first-order chi connectivity index (χ1) is 20.0. The first kappa shape index (κ1) is 28.7. The van der Waals surface area contributed by atoms with E-state index in [1.54, 1.807) is 17.0 Å². The largest absolute Gasteiger partial charge is 0.416 e. The van der Waals surface area contributed by atoms with Crippen LogP contribution in [0.2, 0.25) is 0 Å². The Morgan fingerprint density at radius 1 is 1.00 bits per heavy atom. The third kappa shape index (κ3) is 5.28. The van der Waals surface area contributed by atoms with Crippen LogP contribution in [0.15, 0.2) is 42.5 Å². The van der Waals surface area contributed by atoms with E-state index in [1.165, 1.54) is 17.0 Å². The molecule has 4 aliphatic heterocycles. The molecular formula is C31H34F3N3O5. The van der Waals surface area contributed by atoms with Crippen molar-refractivity contribution in [1.29, 1.82) is 0 Å². The van der Waals surface area contributed by atoms with Gasteiger partial charge in [0, 0.05) is 32.8 Å². The summed E-state index contributed by atoms with van der Waals surface area (Å²) >= 11 is 0. The molecule has 0 radical (unpaired) electrons. The average molecular weight is 586 g/mol. The zero-order valence-electron chi connectivity index (χ0n) is 23.2. The number of piperidine rings is 2. The number of carbonyl (C=O) groups is 3. The molecule has 3 amide bonds. The number of ether oxygens (including phenoxy) is 1. The van der Waals surface area contributed by atoms with Crippen molar-refractivity contribution in [3.05, 3.63) is 64.7 Å². The van der Waals surface area contributed by atoms with Gasteiger partial charge in [0.1, 0.15) is 0 Å². The van der Waals surface area contributed by atoms with Crippen LogP contribution in [-0.2, 0) is 21.3 Å². The predicted octanol–water partition coefficient (Wildman–Crippen LogP) is 4.21. The van der Waals surface area contributed by atoms with Crippen molar-refractivity contribution in [3.63, 3.8) is 0 Å². The molecule has 11 heteroatoms. The number of amides is 3. The standard InChI is InChI=1S/C31H34F3N3O5/c32-31(33,34)22-7-1-6-21(17-22)30(41)11-14-35(15-12-30)27(38)20-5-3-13-36(18-20)25-10-2-9-24-26(25)29(40)37(28(24)39)19-23-8-4-16-42-23/h1-2,6-7,9-10,17,20,23,41H,3-5,8,11-16,18-19H2/t20-,23+/m1/s1. The average Bonchev–Trinajstić information content (AvgIpc) is 3.60. The summed E-state index contributed by atoms with van der Waals surface area (Å²) in [4.78, 5) is 45.1. The molecule has 4 heterocycles.